The van der Waals surface area contributed by atoms with Gasteiger partial charge in [0.15, 0.2) is 0 Å². The number of benzene rings is 1. The van der Waals surface area contributed by atoms with Crippen LogP contribution in [0.25, 0.3) is 0 Å². The van der Waals surface area contributed by atoms with Gasteiger partial charge in [0.2, 0.25) is 10.0 Å². The molecule has 4 heterocycles. The normalized spacial score (nSPS) is 29.5. The second-order valence-electron chi connectivity index (χ2n) is 7.71. The largest absolute Gasteiger partial charge is 0.348 e. The minimum Gasteiger partial charge on any atom is -0.348 e. The highest BCUT2D eigenvalue weighted by molar-refractivity contribution is 7.89. The molecule has 4 fully saturated rings. The van der Waals surface area contributed by atoms with Gasteiger partial charge in [0, 0.05) is 31.2 Å². The first-order valence-electron chi connectivity index (χ1n) is 9.67. The molecule has 7 heteroatoms. The molecule has 4 aliphatic heterocycles. The standard InChI is InChI=1S/C19H27N3O3S/c23-19(20-18-14-21-12-8-15(18)9-13-21)16-4-6-17(7-5-16)26(24,25)22-10-2-1-3-11-22/h4-7,15,18H,1-3,8-14H2,(H,20,23). The summed E-state index contributed by atoms with van der Waals surface area (Å²) in [5, 5.41) is 3.15. The van der Waals surface area contributed by atoms with Gasteiger partial charge in [-0.1, -0.05) is 6.42 Å². The third-order valence-electron chi connectivity index (χ3n) is 6.04. The zero-order valence-electron chi connectivity index (χ0n) is 15.1. The number of rotatable bonds is 4. The highest BCUT2D eigenvalue weighted by Gasteiger charge is 2.35. The molecule has 5 rings (SSSR count). The van der Waals surface area contributed by atoms with Crippen LogP contribution in [0.4, 0.5) is 0 Å². The number of fused-ring (bicyclic) bond motifs is 3. The van der Waals surface area contributed by atoms with Crippen LogP contribution in [0.1, 0.15) is 42.5 Å². The molecule has 0 aliphatic carbocycles. The molecule has 1 atom stereocenters. The summed E-state index contributed by atoms with van der Waals surface area (Å²) < 4.78 is 26.9. The molecule has 0 saturated carbocycles. The van der Waals surface area contributed by atoms with Crippen LogP contribution in [0.5, 0.6) is 0 Å². The van der Waals surface area contributed by atoms with Crippen molar-refractivity contribution < 1.29 is 13.2 Å². The number of amides is 1. The van der Waals surface area contributed by atoms with Crippen LogP contribution in [0, 0.1) is 5.92 Å². The Balaban J connectivity index is 1.43. The fraction of sp³-hybridized carbons (Fsp3) is 0.632. The minimum atomic E-state index is -3.44. The highest BCUT2D eigenvalue weighted by atomic mass is 32.2. The summed E-state index contributed by atoms with van der Waals surface area (Å²) in [6, 6.07) is 6.60. The molecule has 2 bridgehead atoms. The van der Waals surface area contributed by atoms with E-state index in [-0.39, 0.29) is 16.8 Å². The Morgan fingerprint density at radius 2 is 1.62 bits per heavy atom. The summed E-state index contributed by atoms with van der Waals surface area (Å²) in [7, 11) is -3.44. The van der Waals surface area contributed by atoms with E-state index < -0.39 is 10.0 Å². The van der Waals surface area contributed by atoms with Crippen molar-refractivity contribution >= 4 is 15.9 Å². The second kappa shape index (κ2) is 7.29. The number of carbonyl (C=O) groups excluding carboxylic acids is 1. The number of carbonyl (C=O) groups is 1. The SMILES string of the molecule is O=C(NC1CN2CCC1CC2)c1ccc(S(=O)(=O)N2CCCCC2)cc1. The van der Waals surface area contributed by atoms with E-state index in [0.717, 1.165) is 51.7 Å². The number of hydrogen-bond acceptors (Lipinski definition) is 4. The van der Waals surface area contributed by atoms with Gasteiger partial charge in [0.1, 0.15) is 0 Å². The second-order valence-corrected chi connectivity index (χ2v) is 9.65. The fourth-order valence-electron chi connectivity index (χ4n) is 4.41. The average Bonchev–Trinajstić information content (AvgIpc) is 2.69. The molecule has 1 N–H and O–H groups in total. The summed E-state index contributed by atoms with van der Waals surface area (Å²) in [6.45, 7) is 4.38. The van der Waals surface area contributed by atoms with E-state index in [0.29, 0.717) is 24.6 Å². The van der Waals surface area contributed by atoms with Crippen LogP contribution < -0.4 is 5.32 Å². The van der Waals surface area contributed by atoms with E-state index in [4.69, 9.17) is 0 Å². The van der Waals surface area contributed by atoms with E-state index in [9.17, 15) is 13.2 Å². The van der Waals surface area contributed by atoms with Crippen molar-refractivity contribution in [2.24, 2.45) is 5.92 Å². The molecule has 26 heavy (non-hydrogen) atoms. The van der Waals surface area contributed by atoms with Gasteiger partial charge >= 0.3 is 0 Å². The molecular formula is C19H27N3O3S. The molecule has 0 aromatic heterocycles. The van der Waals surface area contributed by atoms with E-state index >= 15 is 0 Å². The maximum Gasteiger partial charge on any atom is 0.251 e. The van der Waals surface area contributed by atoms with Crippen molar-refractivity contribution in [3.05, 3.63) is 29.8 Å². The summed E-state index contributed by atoms with van der Waals surface area (Å²) in [4.78, 5) is 15.2. The summed E-state index contributed by atoms with van der Waals surface area (Å²) in [5.41, 5.74) is 0.527. The molecule has 1 unspecified atom stereocenters. The number of sulfonamides is 1. The Morgan fingerprint density at radius 3 is 2.19 bits per heavy atom. The van der Waals surface area contributed by atoms with Gasteiger partial charge in [-0.05, 0) is 69.0 Å². The molecule has 6 nitrogen and oxygen atoms in total. The zero-order chi connectivity index (χ0) is 18.1. The molecule has 1 aromatic carbocycles. The maximum atomic E-state index is 12.7. The van der Waals surface area contributed by atoms with E-state index in [1.54, 1.807) is 28.6 Å². The van der Waals surface area contributed by atoms with E-state index in [2.05, 4.69) is 10.2 Å². The first-order valence-corrected chi connectivity index (χ1v) is 11.1. The lowest BCUT2D eigenvalue weighted by Crippen LogP contribution is -2.57. The Kier molecular flexibility index (Phi) is 5.03. The van der Waals surface area contributed by atoms with Crippen molar-refractivity contribution in [3.8, 4) is 0 Å². The van der Waals surface area contributed by atoms with Gasteiger partial charge in [-0.25, -0.2) is 8.42 Å². The Hall–Kier alpha value is -1.44. The predicted molar refractivity (Wildman–Crippen MR) is 99.5 cm³/mol. The molecule has 0 spiro atoms. The lowest BCUT2D eigenvalue weighted by Gasteiger charge is -2.44. The molecule has 4 aliphatic rings. The van der Waals surface area contributed by atoms with Crippen molar-refractivity contribution in [2.75, 3.05) is 32.7 Å². The number of nitrogens with zero attached hydrogens (tertiary/aromatic N) is 2. The molecular weight excluding hydrogens is 350 g/mol. The van der Waals surface area contributed by atoms with Crippen LogP contribution in [-0.2, 0) is 10.0 Å². The van der Waals surface area contributed by atoms with Gasteiger partial charge in [0.25, 0.3) is 5.91 Å². The first kappa shape index (κ1) is 17.9. The lowest BCUT2D eigenvalue weighted by molar-refractivity contribution is 0.0620. The molecule has 4 saturated heterocycles. The summed E-state index contributed by atoms with van der Waals surface area (Å²) in [5.74, 6) is 0.466. The van der Waals surface area contributed by atoms with Crippen LogP contribution in [0.15, 0.2) is 29.2 Å². The number of nitrogens with one attached hydrogen (secondary N) is 1. The molecule has 1 amide bonds. The van der Waals surface area contributed by atoms with Crippen LogP contribution >= 0.6 is 0 Å². The summed E-state index contributed by atoms with van der Waals surface area (Å²) >= 11 is 0. The molecule has 1 aromatic rings. The Morgan fingerprint density at radius 1 is 0.962 bits per heavy atom. The maximum absolute atomic E-state index is 12.7. The van der Waals surface area contributed by atoms with Crippen LogP contribution in [-0.4, -0.2) is 62.3 Å². The quantitative estimate of drug-likeness (QED) is 0.867. The average molecular weight is 378 g/mol. The van der Waals surface area contributed by atoms with Crippen molar-refractivity contribution in [1.29, 1.82) is 0 Å². The topological polar surface area (TPSA) is 69.7 Å². The van der Waals surface area contributed by atoms with Crippen molar-refractivity contribution in [1.82, 2.24) is 14.5 Å². The minimum absolute atomic E-state index is 0.106. The Bertz CT molecular complexity index is 749. The van der Waals surface area contributed by atoms with Gasteiger partial charge in [-0.3, -0.25) is 4.79 Å². The number of hydrogen-bond donors (Lipinski definition) is 1. The smallest absolute Gasteiger partial charge is 0.251 e. The fourth-order valence-corrected chi connectivity index (χ4v) is 5.93. The van der Waals surface area contributed by atoms with Crippen molar-refractivity contribution in [2.45, 2.75) is 43.0 Å². The zero-order valence-corrected chi connectivity index (χ0v) is 15.9. The monoisotopic (exact) mass is 377 g/mol. The highest BCUT2D eigenvalue weighted by Crippen LogP contribution is 2.28. The van der Waals surface area contributed by atoms with Crippen LogP contribution in [0.3, 0.4) is 0 Å². The Labute approximate surface area is 155 Å². The third kappa shape index (κ3) is 3.52. The van der Waals surface area contributed by atoms with E-state index in [1.165, 1.54) is 0 Å². The first-order chi connectivity index (χ1) is 12.5. The summed E-state index contributed by atoms with van der Waals surface area (Å²) in [6.07, 6.45) is 5.22. The molecule has 142 valence electrons. The lowest BCUT2D eigenvalue weighted by atomic mass is 9.84. The van der Waals surface area contributed by atoms with Crippen LogP contribution in [0.2, 0.25) is 0 Å². The van der Waals surface area contributed by atoms with Gasteiger partial charge in [0.05, 0.1) is 4.90 Å². The predicted octanol–water partition coefficient (Wildman–Crippen LogP) is 1.69. The van der Waals surface area contributed by atoms with E-state index in [1.807, 2.05) is 0 Å². The van der Waals surface area contributed by atoms with Gasteiger partial charge in [-0.15, -0.1) is 0 Å². The van der Waals surface area contributed by atoms with Gasteiger partial charge in [-0.2, -0.15) is 4.31 Å². The number of piperidine rings is 4. The van der Waals surface area contributed by atoms with Gasteiger partial charge < -0.3 is 10.2 Å². The van der Waals surface area contributed by atoms with Crippen molar-refractivity contribution in [3.63, 3.8) is 0 Å². The molecule has 0 radical (unpaired) electrons. The third-order valence-corrected chi connectivity index (χ3v) is 7.95.